The highest BCUT2D eigenvalue weighted by Gasteiger charge is 2.30. The monoisotopic (exact) mass is 336 g/mol. The Balaban J connectivity index is 1.53. The number of aliphatic hydroxyl groups is 1. The summed E-state index contributed by atoms with van der Waals surface area (Å²) in [5, 5.41) is 22.9. The smallest absolute Gasteiger partial charge is 0.120 e. The lowest BCUT2D eigenvalue weighted by Crippen LogP contribution is -2.37. The first-order valence-corrected chi connectivity index (χ1v) is 8.81. The van der Waals surface area contributed by atoms with Gasteiger partial charge in [0.15, 0.2) is 0 Å². The zero-order chi connectivity index (χ0) is 17.5. The second-order valence-corrected chi connectivity index (χ2v) is 6.74. The molecular weight excluding hydrogens is 312 g/mol. The number of nitriles is 1. The van der Waals surface area contributed by atoms with Crippen molar-refractivity contribution in [1.82, 2.24) is 5.32 Å². The molecule has 1 aliphatic rings. The third kappa shape index (κ3) is 4.82. The first-order valence-electron chi connectivity index (χ1n) is 8.81. The third-order valence-corrected chi connectivity index (χ3v) is 4.75. The molecule has 0 unspecified atom stereocenters. The Hall–Kier alpha value is -2.35. The maximum atomic E-state index is 10.4. The fraction of sp³-hybridized carbons (Fsp3) is 0.381. The first kappa shape index (κ1) is 17.5. The highest BCUT2D eigenvalue weighted by atomic mass is 16.5. The molecular formula is C21H24N2O2. The van der Waals surface area contributed by atoms with Gasteiger partial charge in [0, 0.05) is 18.7 Å². The Morgan fingerprint density at radius 2 is 1.92 bits per heavy atom. The number of hydrogen-bond donors (Lipinski definition) is 2. The number of nitrogens with zero attached hydrogens (tertiary/aromatic N) is 1. The Labute approximate surface area is 149 Å². The number of ether oxygens (including phenoxy) is 1. The average molecular weight is 336 g/mol. The maximum absolute atomic E-state index is 10.4. The zero-order valence-corrected chi connectivity index (χ0v) is 14.4. The largest absolute Gasteiger partial charge is 0.489 e. The van der Waals surface area contributed by atoms with Crippen LogP contribution in [0, 0.1) is 11.3 Å². The molecule has 4 nitrogen and oxygen atoms in total. The molecule has 2 N–H and O–H groups in total. The van der Waals surface area contributed by atoms with E-state index in [9.17, 15) is 5.11 Å². The predicted molar refractivity (Wildman–Crippen MR) is 97.1 cm³/mol. The summed E-state index contributed by atoms with van der Waals surface area (Å²) in [6.07, 6.45) is 4.01. The van der Waals surface area contributed by atoms with E-state index in [-0.39, 0.29) is 0 Å². The van der Waals surface area contributed by atoms with E-state index >= 15 is 0 Å². The van der Waals surface area contributed by atoms with Crippen molar-refractivity contribution < 1.29 is 9.84 Å². The van der Waals surface area contributed by atoms with Crippen LogP contribution in [-0.4, -0.2) is 17.3 Å². The Morgan fingerprint density at radius 1 is 1.12 bits per heavy atom. The topological polar surface area (TPSA) is 65.3 Å². The third-order valence-electron chi connectivity index (χ3n) is 4.75. The van der Waals surface area contributed by atoms with E-state index in [0.29, 0.717) is 25.3 Å². The van der Waals surface area contributed by atoms with Gasteiger partial charge in [-0.05, 0) is 36.6 Å². The summed E-state index contributed by atoms with van der Waals surface area (Å²) in [6, 6.07) is 17.6. The van der Waals surface area contributed by atoms with E-state index in [1.165, 1.54) is 0 Å². The van der Waals surface area contributed by atoms with Crippen molar-refractivity contribution in [1.29, 1.82) is 5.26 Å². The van der Waals surface area contributed by atoms with Crippen molar-refractivity contribution in [2.45, 2.75) is 44.4 Å². The van der Waals surface area contributed by atoms with Gasteiger partial charge in [-0.25, -0.2) is 0 Å². The molecule has 2 aromatic carbocycles. The summed E-state index contributed by atoms with van der Waals surface area (Å²) in [4.78, 5) is 0. The van der Waals surface area contributed by atoms with Gasteiger partial charge in [0.1, 0.15) is 12.4 Å². The van der Waals surface area contributed by atoms with Crippen molar-refractivity contribution in [2.24, 2.45) is 0 Å². The molecule has 25 heavy (non-hydrogen) atoms. The van der Waals surface area contributed by atoms with Crippen LogP contribution >= 0.6 is 0 Å². The second kappa shape index (κ2) is 8.15. The minimum atomic E-state index is -0.533. The SMILES string of the molecule is N#Cc1ccccc1COc1cccc(CNCC2(O)CCCC2)c1. The quantitative estimate of drug-likeness (QED) is 0.812. The molecule has 3 rings (SSSR count). The van der Waals surface area contributed by atoms with Crippen molar-refractivity contribution in [3.8, 4) is 11.8 Å². The lowest BCUT2D eigenvalue weighted by atomic mass is 10.0. The molecule has 1 saturated carbocycles. The Kier molecular flexibility index (Phi) is 5.70. The minimum Gasteiger partial charge on any atom is -0.489 e. The number of nitrogens with one attached hydrogen (secondary N) is 1. The predicted octanol–water partition coefficient (Wildman–Crippen LogP) is 3.53. The van der Waals surface area contributed by atoms with Crippen LogP contribution in [0.5, 0.6) is 5.75 Å². The highest BCUT2D eigenvalue weighted by molar-refractivity contribution is 5.37. The van der Waals surface area contributed by atoms with Crippen LogP contribution in [0.4, 0.5) is 0 Å². The molecule has 0 spiro atoms. The summed E-state index contributed by atoms with van der Waals surface area (Å²) >= 11 is 0. The molecule has 1 aliphatic carbocycles. The molecule has 0 saturated heterocycles. The van der Waals surface area contributed by atoms with Gasteiger partial charge in [0.05, 0.1) is 17.2 Å². The van der Waals surface area contributed by atoms with E-state index in [1.807, 2.05) is 42.5 Å². The van der Waals surface area contributed by atoms with Gasteiger partial charge in [0.25, 0.3) is 0 Å². The minimum absolute atomic E-state index is 0.375. The molecule has 0 atom stereocenters. The van der Waals surface area contributed by atoms with E-state index in [4.69, 9.17) is 10.00 Å². The van der Waals surface area contributed by atoms with Gasteiger partial charge in [-0.15, -0.1) is 0 Å². The highest BCUT2D eigenvalue weighted by Crippen LogP contribution is 2.28. The second-order valence-electron chi connectivity index (χ2n) is 6.74. The normalized spacial score (nSPS) is 15.7. The van der Waals surface area contributed by atoms with Gasteiger partial charge >= 0.3 is 0 Å². The van der Waals surface area contributed by atoms with E-state index in [0.717, 1.165) is 42.6 Å². The van der Waals surface area contributed by atoms with E-state index in [2.05, 4.69) is 11.4 Å². The lowest BCUT2D eigenvalue weighted by Gasteiger charge is -2.22. The first-order chi connectivity index (χ1) is 12.2. The molecule has 0 radical (unpaired) electrons. The van der Waals surface area contributed by atoms with Crippen LogP contribution in [-0.2, 0) is 13.2 Å². The van der Waals surface area contributed by atoms with Crippen molar-refractivity contribution in [2.75, 3.05) is 6.54 Å². The maximum Gasteiger partial charge on any atom is 0.120 e. The summed E-state index contributed by atoms with van der Waals surface area (Å²) in [6.45, 7) is 1.71. The standard InChI is InChI=1S/C21H24N2O2/c22-13-18-7-1-2-8-19(18)15-25-20-9-5-6-17(12-20)14-23-16-21(24)10-3-4-11-21/h1-2,5-9,12,23-24H,3-4,10-11,14-16H2. The van der Waals surface area contributed by atoms with Gasteiger partial charge in [0.2, 0.25) is 0 Å². The van der Waals surface area contributed by atoms with Crippen LogP contribution in [0.2, 0.25) is 0 Å². The van der Waals surface area contributed by atoms with Crippen molar-refractivity contribution in [3.05, 3.63) is 65.2 Å². The molecule has 0 amide bonds. The summed E-state index contributed by atoms with van der Waals surface area (Å²) in [5.41, 5.74) is 2.12. The number of benzene rings is 2. The molecule has 1 fully saturated rings. The van der Waals surface area contributed by atoms with Crippen LogP contribution in [0.1, 0.15) is 42.4 Å². The van der Waals surface area contributed by atoms with Crippen LogP contribution in [0.25, 0.3) is 0 Å². The molecule has 0 bridgehead atoms. The number of hydrogen-bond acceptors (Lipinski definition) is 4. The molecule has 130 valence electrons. The lowest BCUT2D eigenvalue weighted by molar-refractivity contribution is 0.0475. The van der Waals surface area contributed by atoms with Gasteiger partial charge in [-0.1, -0.05) is 43.2 Å². The fourth-order valence-electron chi connectivity index (χ4n) is 3.31. The summed E-state index contributed by atoms with van der Waals surface area (Å²) < 4.78 is 5.85. The Morgan fingerprint density at radius 3 is 2.72 bits per heavy atom. The van der Waals surface area contributed by atoms with Gasteiger partial charge in [-0.2, -0.15) is 5.26 Å². The fourth-order valence-corrected chi connectivity index (χ4v) is 3.31. The van der Waals surface area contributed by atoms with Crippen LogP contribution in [0.3, 0.4) is 0 Å². The van der Waals surface area contributed by atoms with Crippen LogP contribution < -0.4 is 10.1 Å². The van der Waals surface area contributed by atoms with E-state index in [1.54, 1.807) is 6.07 Å². The Bertz CT molecular complexity index is 746. The van der Waals surface area contributed by atoms with Crippen molar-refractivity contribution in [3.63, 3.8) is 0 Å². The average Bonchev–Trinajstić information content (AvgIpc) is 3.07. The molecule has 0 aromatic heterocycles. The number of rotatable bonds is 7. The molecule has 2 aromatic rings. The molecule has 0 heterocycles. The zero-order valence-electron chi connectivity index (χ0n) is 14.4. The molecule has 0 aliphatic heterocycles. The van der Waals surface area contributed by atoms with Crippen molar-refractivity contribution >= 4 is 0 Å². The van der Waals surface area contributed by atoms with Gasteiger partial charge in [-0.3, -0.25) is 0 Å². The van der Waals surface area contributed by atoms with Crippen LogP contribution in [0.15, 0.2) is 48.5 Å². The van der Waals surface area contributed by atoms with Gasteiger partial charge < -0.3 is 15.2 Å². The molecule has 4 heteroatoms. The van der Waals surface area contributed by atoms with E-state index < -0.39 is 5.60 Å². The summed E-state index contributed by atoms with van der Waals surface area (Å²) in [5.74, 6) is 0.784. The summed E-state index contributed by atoms with van der Waals surface area (Å²) in [7, 11) is 0.